The minimum atomic E-state index is -0.263. The standard InChI is InChI=1S/C12H9Br2ClFNS/c1-17-11(10-5-9(15)12(14)18-10)6-2-7(13)4-8(16)3-6/h2-5,11,17H,1H3. The molecule has 0 aliphatic rings. The Labute approximate surface area is 131 Å². The molecular weight excluding hydrogens is 404 g/mol. The molecule has 1 atom stereocenters. The van der Waals surface area contributed by atoms with Crippen molar-refractivity contribution in [3.63, 3.8) is 0 Å². The van der Waals surface area contributed by atoms with Crippen LogP contribution in [0.25, 0.3) is 0 Å². The van der Waals surface area contributed by atoms with Gasteiger partial charge >= 0.3 is 0 Å². The molecule has 2 rings (SSSR count). The Hall–Kier alpha value is 0.0600. The molecule has 1 N–H and O–H groups in total. The van der Waals surface area contributed by atoms with Gasteiger partial charge in [-0.1, -0.05) is 27.5 Å². The van der Waals surface area contributed by atoms with Crippen LogP contribution in [0.5, 0.6) is 0 Å². The molecule has 1 aromatic carbocycles. The second kappa shape index (κ2) is 6.01. The number of rotatable bonds is 3. The molecule has 1 heterocycles. The van der Waals surface area contributed by atoms with Crippen LogP contribution in [0, 0.1) is 5.82 Å². The van der Waals surface area contributed by atoms with E-state index in [4.69, 9.17) is 11.6 Å². The van der Waals surface area contributed by atoms with Crippen molar-refractivity contribution in [2.24, 2.45) is 0 Å². The highest BCUT2D eigenvalue weighted by atomic mass is 79.9. The smallest absolute Gasteiger partial charge is 0.124 e. The van der Waals surface area contributed by atoms with Crippen molar-refractivity contribution < 1.29 is 4.39 Å². The lowest BCUT2D eigenvalue weighted by molar-refractivity contribution is 0.617. The van der Waals surface area contributed by atoms with Gasteiger partial charge in [0.25, 0.3) is 0 Å². The van der Waals surface area contributed by atoms with E-state index in [1.165, 1.54) is 23.5 Å². The van der Waals surface area contributed by atoms with Gasteiger partial charge in [-0.05, 0) is 52.8 Å². The van der Waals surface area contributed by atoms with Crippen LogP contribution in [-0.4, -0.2) is 7.05 Å². The van der Waals surface area contributed by atoms with E-state index in [0.717, 1.165) is 18.7 Å². The first-order chi connectivity index (χ1) is 8.51. The molecule has 18 heavy (non-hydrogen) atoms. The monoisotopic (exact) mass is 411 g/mol. The molecule has 0 saturated heterocycles. The summed E-state index contributed by atoms with van der Waals surface area (Å²) in [7, 11) is 1.84. The molecule has 0 radical (unpaired) electrons. The summed E-state index contributed by atoms with van der Waals surface area (Å²) in [6.45, 7) is 0. The van der Waals surface area contributed by atoms with Crippen LogP contribution < -0.4 is 5.32 Å². The number of halogens is 4. The number of hydrogen-bond acceptors (Lipinski definition) is 2. The topological polar surface area (TPSA) is 12.0 Å². The highest BCUT2D eigenvalue weighted by Gasteiger charge is 2.17. The lowest BCUT2D eigenvalue weighted by Gasteiger charge is -2.15. The maximum atomic E-state index is 13.4. The van der Waals surface area contributed by atoms with E-state index in [-0.39, 0.29) is 11.9 Å². The molecule has 1 nitrogen and oxygen atoms in total. The molecule has 0 amide bonds. The third-order valence-electron chi connectivity index (χ3n) is 2.46. The van der Waals surface area contributed by atoms with Gasteiger partial charge in [-0.25, -0.2) is 4.39 Å². The van der Waals surface area contributed by atoms with E-state index < -0.39 is 0 Å². The van der Waals surface area contributed by atoms with E-state index in [1.54, 1.807) is 0 Å². The fraction of sp³-hybridized carbons (Fsp3) is 0.167. The second-order valence-electron chi connectivity index (χ2n) is 3.69. The van der Waals surface area contributed by atoms with Crippen molar-refractivity contribution in [1.82, 2.24) is 5.32 Å². The first-order valence-electron chi connectivity index (χ1n) is 5.09. The van der Waals surface area contributed by atoms with Crippen molar-refractivity contribution in [1.29, 1.82) is 0 Å². The first kappa shape index (κ1) is 14.5. The highest BCUT2D eigenvalue weighted by molar-refractivity contribution is 9.11. The zero-order valence-corrected chi connectivity index (χ0v) is 14.1. The van der Waals surface area contributed by atoms with Gasteiger partial charge in [0.2, 0.25) is 0 Å². The van der Waals surface area contributed by atoms with Gasteiger partial charge in [-0.3, -0.25) is 0 Å². The maximum Gasteiger partial charge on any atom is 0.124 e. The van der Waals surface area contributed by atoms with Crippen molar-refractivity contribution in [3.8, 4) is 0 Å². The molecule has 96 valence electrons. The quantitative estimate of drug-likeness (QED) is 0.713. The van der Waals surface area contributed by atoms with E-state index >= 15 is 0 Å². The van der Waals surface area contributed by atoms with Crippen molar-refractivity contribution in [2.45, 2.75) is 6.04 Å². The molecule has 0 spiro atoms. The third-order valence-corrected chi connectivity index (χ3v) is 5.45. The van der Waals surface area contributed by atoms with Gasteiger partial charge in [-0.15, -0.1) is 11.3 Å². The molecule has 0 fully saturated rings. The second-order valence-corrected chi connectivity index (χ2v) is 7.42. The number of thiophene rings is 1. The molecule has 0 bridgehead atoms. The van der Waals surface area contributed by atoms with Gasteiger partial charge in [-0.2, -0.15) is 0 Å². The van der Waals surface area contributed by atoms with E-state index in [9.17, 15) is 4.39 Å². The molecule has 0 aliphatic heterocycles. The fourth-order valence-electron chi connectivity index (χ4n) is 1.72. The lowest BCUT2D eigenvalue weighted by Crippen LogP contribution is -2.16. The van der Waals surface area contributed by atoms with Crippen LogP contribution in [0.2, 0.25) is 5.02 Å². The SMILES string of the molecule is CNC(c1cc(F)cc(Br)c1)c1cc(Cl)c(Br)s1. The van der Waals surface area contributed by atoms with Crippen LogP contribution in [0.3, 0.4) is 0 Å². The van der Waals surface area contributed by atoms with Crippen LogP contribution in [-0.2, 0) is 0 Å². The largest absolute Gasteiger partial charge is 0.309 e. The van der Waals surface area contributed by atoms with Crippen molar-refractivity contribution >= 4 is 54.8 Å². The Morgan fingerprint density at radius 1 is 1.28 bits per heavy atom. The minimum absolute atomic E-state index is 0.0780. The molecule has 0 aliphatic carbocycles. The van der Waals surface area contributed by atoms with Gasteiger partial charge in [0.15, 0.2) is 0 Å². The summed E-state index contributed by atoms with van der Waals surface area (Å²) in [5, 5.41) is 3.85. The van der Waals surface area contributed by atoms with Crippen LogP contribution in [0.4, 0.5) is 4.39 Å². The van der Waals surface area contributed by atoms with Crippen molar-refractivity contribution in [3.05, 3.63) is 53.8 Å². The Balaban J connectivity index is 2.44. The third kappa shape index (κ3) is 3.14. The first-order valence-corrected chi connectivity index (χ1v) is 7.87. The van der Waals surface area contributed by atoms with Crippen molar-refractivity contribution in [2.75, 3.05) is 7.05 Å². The molecule has 1 aromatic heterocycles. The zero-order chi connectivity index (χ0) is 13.3. The summed E-state index contributed by atoms with van der Waals surface area (Å²) in [6.07, 6.45) is 0. The Morgan fingerprint density at radius 3 is 2.50 bits per heavy atom. The predicted molar refractivity (Wildman–Crippen MR) is 82.0 cm³/mol. The highest BCUT2D eigenvalue weighted by Crippen LogP contribution is 2.37. The average molecular weight is 414 g/mol. The number of benzene rings is 1. The predicted octanol–water partition coefficient (Wildman–Crippen LogP) is 5.37. The Kier molecular flexibility index (Phi) is 4.83. The van der Waals surface area contributed by atoms with Crippen LogP contribution in [0.1, 0.15) is 16.5 Å². The van der Waals surface area contributed by atoms with Gasteiger partial charge in [0, 0.05) is 9.35 Å². The summed E-state index contributed by atoms with van der Waals surface area (Å²) in [4.78, 5) is 1.03. The summed E-state index contributed by atoms with van der Waals surface area (Å²) in [5.41, 5.74) is 0.856. The summed E-state index contributed by atoms with van der Waals surface area (Å²) >= 11 is 14.3. The lowest BCUT2D eigenvalue weighted by atomic mass is 10.1. The molecule has 0 saturated carbocycles. The average Bonchev–Trinajstić information content (AvgIpc) is 2.58. The number of hydrogen-bond donors (Lipinski definition) is 1. The molecule has 6 heteroatoms. The molecular formula is C12H9Br2ClFNS. The van der Waals surface area contributed by atoms with E-state index in [1.807, 2.05) is 19.2 Å². The number of nitrogens with one attached hydrogen (secondary N) is 1. The van der Waals surface area contributed by atoms with Gasteiger partial charge < -0.3 is 5.32 Å². The fourth-order valence-corrected chi connectivity index (χ4v) is 4.09. The summed E-state index contributed by atoms with van der Waals surface area (Å²) in [5.74, 6) is -0.263. The van der Waals surface area contributed by atoms with Crippen LogP contribution in [0.15, 0.2) is 32.5 Å². The molecule has 1 unspecified atom stereocenters. The minimum Gasteiger partial charge on any atom is -0.309 e. The summed E-state index contributed by atoms with van der Waals surface area (Å²) < 4.78 is 15.0. The normalized spacial score (nSPS) is 12.7. The Morgan fingerprint density at radius 2 is 2.00 bits per heavy atom. The Bertz CT molecular complexity index is 533. The van der Waals surface area contributed by atoms with Crippen LogP contribution >= 0.6 is 54.8 Å². The van der Waals surface area contributed by atoms with Gasteiger partial charge in [0.1, 0.15) is 5.82 Å². The zero-order valence-electron chi connectivity index (χ0n) is 9.31. The van der Waals surface area contributed by atoms with E-state index in [0.29, 0.717) is 5.02 Å². The summed E-state index contributed by atoms with van der Waals surface area (Å²) in [6, 6.07) is 6.66. The van der Waals surface area contributed by atoms with E-state index in [2.05, 4.69) is 37.2 Å². The van der Waals surface area contributed by atoms with Gasteiger partial charge in [0.05, 0.1) is 14.9 Å². The maximum absolute atomic E-state index is 13.4. The molecule has 2 aromatic rings.